The summed E-state index contributed by atoms with van der Waals surface area (Å²) >= 11 is 3.36. The Morgan fingerprint density at radius 1 is 1.53 bits per heavy atom. The van der Waals surface area contributed by atoms with Gasteiger partial charge in [-0.1, -0.05) is 15.9 Å². The smallest absolute Gasteiger partial charge is 0.270 e. The molecule has 0 aromatic heterocycles. The summed E-state index contributed by atoms with van der Waals surface area (Å²) in [6.07, 6.45) is -0.825. The van der Waals surface area contributed by atoms with Crippen LogP contribution in [-0.4, -0.2) is 20.5 Å². The molecule has 2 unspecified atom stereocenters. The average Bonchev–Trinajstić information content (AvgIpc) is 2.25. The maximum absolute atomic E-state index is 10.7. The van der Waals surface area contributed by atoms with Crippen molar-refractivity contribution >= 4 is 21.6 Å². The average molecular weight is 302 g/mol. The zero-order valence-electron chi connectivity index (χ0n) is 9.38. The molecule has 6 heteroatoms. The van der Waals surface area contributed by atoms with Crippen molar-refractivity contribution < 1.29 is 14.8 Å². The van der Waals surface area contributed by atoms with Crippen LogP contribution in [-0.2, 0) is 0 Å². The van der Waals surface area contributed by atoms with Crippen molar-refractivity contribution in [2.24, 2.45) is 0 Å². The number of hydrogen-bond acceptors (Lipinski definition) is 4. The minimum atomic E-state index is -0.825. The molecule has 17 heavy (non-hydrogen) atoms. The molecule has 2 rings (SSSR count). The molecule has 0 spiro atoms. The highest BCUT2D eigenvalue weighted by atomic mass is 79.9. The SMILES string of the molecule is CC1(C)Oc2ccc([N+](=O)[O-])cc2C(O)C1Br. The molecule has 0 saturated carbocycles. The van der Waals surface area contributed by atoms with Crippen LogP contribution in [0.1, 0.15) is 25.5 Å². The van der Waals surface area contributed by atoms with Crippen LogP contribution in [0.5, 0.6) is 5.75 Å². The van der Waals surface area contributed by atoms with Crippen LogP contribution in [0, 0.1) is 10.1 Å². The van der Waals surface area contributed by atoms with E-state index in [2.05, 4.69) is 15.9 Å². The molecule has 5 nitrogen and oxygen atoms in total. The van der Waals surface area contributed by atoms with Crippen LogP contribution in [0.25, 0.3) is 0 Å². The van der Waals surface area contributed by atoms with Gasteiger partial charge in [0.15, 0.2) is 0 Å². The number of halogens is 1. The van der Waals surface area contributed by atoms with Crippen LogP contribution in [0.3, 0.4) is 0 Å². The molecule has 0 bridgehead atoms. The second-order valence-corrected chi connectivity index (χ2v) is 5.52. The standard InChI is InChI=1S/C11H12BrNO4/c1-11(2)10(12)9(14)7-5-6(13(15)16)3-4-8(7)17-11/h3-5,9-10,14H,1-2H3. The summed E-state index contributed by atoms with van der Waals surface area (Å²) in [6.45, 7) is 3.69. The van der Waals surface area contributed by atoms with Gasteiger partial charge in [-0.3, -0.25) is 10.1 Å². The number of alkyl halides is 1. The van der Waals surface area contributed by atoms with Crippen LogP contribution >= 0.6 is 15.9 Å². The fourth-order valence-electron chi connectivity index (χ4n) is 1.85. The van der Waals surface area contributed by atoms with Gasteiger partial charge in [0.25, 0.3) is 5.69 Å². The van der Waals surface area contributed by atoms with Gasteiger partial charge < -0.3 is 9.84 Å². The van der Waals surface area contributed by atoms with Gasteiger partial charge in [0, 0.05) is 17.7 Å². The number of hydrogen-bond donors (Lipinski definition) is 1. The summed E-state index contributed by atoms with van der Waals surface area (Å²) in [5, 5.41) is 20.8. The molecule has 2 atom stereocenters. The molecule has 1 aliphatic heterocycles. The van der Waals surface area contributed by atoms with E-state index in [1.165, 1.54) is 18.2 Å². The molecule has 0 radical (unpaired) electrons. The number of rotatable bonds is 1. The Labute approximate surface area is 107 Å². The van der Waals surface area contributed by atoms with Crippen molar-refractivity contribution in [1.82, 2.24) is 0 Å². The Bertz CT molecular complexity index is 475. The minimum absolute atomic E-state index is 0.0502. The lowest BCUT2D eigenvalue weighted by Crippen LogP contribution is -2.45. The molecule has 1 aliphatic rings. The molecule has 0 amide bonds. The van der Waals surface area contributed by atoms with E-state index in [4.69, 9.17) is 4.74 Å². The van der Waals surface area contributed by atoms with Crippen molar-refractivity contribution in [2.45, 2.75) is 30.4 Å². The summed E-state index contributed by atoms with van der Waals surface area (Å²) in [5.74, 6) is 0.490. The highest BCUT2D eigenvalue weighted by molar-refractivity contribution is 9.09. The summed E-state index contributed by atoms with van der Waals surface area (Å²) in [7, 11) is 0. The molecular formula is C11H12BrNO4. The van der Waals surface area contributed by atoms with Gasteiger partial charge in [-0.05, 0) is 19.9 Å². The Kier molecular flexibility index (Phi) is 2.87. The van der Waals surface area contributed by atoms with Crippen LogP contribution in [0.2, 0.25) is 0 Å². The first-order valence-corrected chi connectivity index (χ1v) is 6.04. The summed E-state index contributed by atoms with van der Waals surface area (Å²) in [5.41, 5.74) is -0.172. The molecule has 1 aromatic carbocycles. The van der Waals surface area contributed by atoms with Gasteiger partial charge in [0.05, 0.1) is 15.9 Å². The number of nitro benzene ring substituents is 1. The van der Waals surface area contributed by atoms with E-state index in [0.717, 1.165) is 0 Å². The zero-order valence-corrected chi connectivity index (χ0v) is 11.0. The first kappa shape index (κ1) is 12.3. The number of aliphatic hydroxyl groups is 1. The largest absolute Gasteiger partial charge is 0.486 e. The third-order valence-corrected chi connectivity index (χ3v) is 4.44. The first-order valence-electron chi connectivity index (χ1n) is 5.12. The normalized spacial score (nSPS) is 25.9. The number of benzene rings is 1. The summed E-state index contributed by atoms with van der Waals surface area (Å²) in [6, 6.07) is 4.25. The maximum Gasteiger partial charge on any atom is 0.270 e. The third-order valence-electron chi connectivity index (χ3n) is 2.84. The minimum Gasteiger partial charge on any atom is -0.486 e. The number of non-ortho nitro benzene ring substituents is 1. The molecule has 1 heterocycles. The third kappa shape index (κ3) is 2.02. The van der Waals surface area contributed by atoms with Gasteiger partial charge >= 0.3 is 0 Å². The summed E-state index contributed by atoms with van der Waals surface area (Å²) < 4.78 is 5.71. The topological polar surface area (TPSA) is 72.6 Å². The number of fused-ring (bicyclic) bond motifs is 1. The maximum atomic E-state index is 10.7. The second-order valence-electron chi connectivity index (χ2n) is 4.53. The van der Waals surface area contributed by atoms with Gasteiger partial charge in [0.1, 0.15) is 11.4 Å². The Morgan fingerprint density at radius 2 is 2.18 bits per heavy atom. The van der Waals surface area contributed by atoms with E-state index in [1.54, 1.807) is 0 Å². The van der Waals surface area contributed by atoms with Crippen LogP contribution in [0.15, 0.2) is 18.2 Å². The number of aliphatic hydroxyl groups excluding tert-OH is 1. The van der Waals surface area contributed by atoms with Crippen molar-refractivity contribution in [3.8, 4) is 5.75 Å². The molecule has 1 aromatic rings. The van der Waals surface area contributed by atoms with E-state index in [-0.39, 0.29) is 10.5 Å². The predicted molar refractivity (Wildman–Crippen MR) is 65.5 cm³/mol. The van der Waals surface area contributed by atoms with Gasteiger partial charge in [-0.2, -0.15) is 0 Å². The van der Waals surface area contributed by atoms with Crippen LogP contribution in [0.4, 0.5) is 5.69 Å². The van der Waals surface area contributed by atoms with Crippen molar-refractivity contribution in [1.29, 1.82) is 0 Å². The van der Waals surface area contributed by atoms with E-state index in [1.807, 2.05) is 13.8 Å². The quantitative estimate of drug-likeness (QED) is 0.491. The molecule has 0 saturated heterocycles. The molecule has 1 N–H and O–H groups in total. The van der Waals surface area contributed by atoms with Gasteiger partial charge in [-0.25, -0.2) is 0 Å². The number of nitrogens with zero attached hydrogens (tertiary/aromatic N) is 1. The summed E-state index contributed by atoms with van der Waals surface area (Å²) in [4.78, 5) is 9.87. The second kappa shape index (κ2) is 3.96. The molecular weight excluding hydrogens is 290 g/mol. The lowest BCUT2D eigenvalue weighted by atomic mass is 9.91. The number of ether oxygens (including phenoxy) is 1. The Balaban J connectivity index is 2.50. The van der Waals surface area contributed by atoms with Crippen LogP contribution < -0.4 is 4.74 Å². The zero-order chi connectivity index (χ0) is 12.8. The van der Waals surface area contributed by atoms with E-state index < -0.39 is 16.6 Å². The Hall–Kier alpha value is -1.14. The monoisotopic (exact) mass is 301 g/mol. The van der Waals surface area contributed by atoms with E-state index >= 15 is 0 Å². The van der Waals surface area contributed by atoms with E-state index in [0.29, 0.717) is 11.3 Å². The molecule has 0 fully saturated rings. The highest BCUT2D eigenvalue weighted by Crippen LogP contribution is 2.44. The molecule has 92 valence electrons. The van der Waals surface area contributed by atoms with Crippen molar-refractivity contribution in [2.75, 3.05) is 0 Å². The van der Waals surface area contributed by atoms with Crippen molar-refractivity contribution in [3.05, 3.63) is 33.9 Å². The number of nitro groups is 1. The van der Waals surface area contributed by atoms with Crippen molar-refractivity contribution in [3.63, 3.8) is 0 Å². The fourth-order valence-corrected chi connectivity index (χ4v) is 2.23. The lowest BCUT2D eigenvalue weighted by Gasteiger charge is -2.39. The predicted octanol–water partition coefficient (Wildman–Crippen LogP) is 2.56. The fraction of sp³-hybridized carbons (Fsp3) is 0.455. The first-order chi connectivity index (χ1) is 7.83. The lowest BCUT2D eigenvalue weighted by molar-refractivity contribution is -0.385. The van der Waals surface area contributed by atoms with Gasteiger partial charge in [-0.15, -0.1) is 0 Å². The Morgan fingerprint density at radius 3 is 2.76 bits per heavy atom. The van der Waals surface area contributed by atoms with Gasteiger partial charge in [0.2, 0.25) is 0 Å². The van der Waals surface area contributed by atoms with E-state index in [9.17, 15) is 15.2 Å². The highest BCUT2D eigenvalue weighted by Gasteiger charge is 2.42. The molecule has 0 aliphatic carbocycles.